The summed E-state index contributed by atoms with van der Waals surface area (Å²) in [6.07, 6.45) is 0. The standard InChI is InChI=1S/C13H13N3O/c1-9-3-4-10-8-12(15-11(10)7-9)13(17)16(2)6-5-14/h3-4,7-8,15H,6H2,1-2H3. The second kappa shape index (κ2) is 4.30. The number of H-pyrrole nitrogens is 1. The van der Waals surface area contributed by atoms with Gasteiger partial charge in [0.1, 0.15) is 12.2 Å². The van der Waals surface area contributed by atoms with Crippen LogP contribution in [-0.2, 0) is 0 Å². The fourth-order valence-electron chi connectivity index (χ4n) is 1.74. The molecule has 0 saturated carbocycles. The van der Waals surface area contributed by atoms with E-state index in [4.69, 9.17) is 5.26 Å². The summed E-state index contributed by atoms with van der Waals surface area (Å²) in [5.74, 6) is -0.166. The first-order chi connectivity index (χ1) is 8.11. The molecule has 0 aliphatic rings. The first-order valence-corrected chi connectivity index (χ1v) is 5.33. The molecule has 86 valence electrons. The maximum Gasteiger partial charge on any atom is 0.270 e. The van der Waals surface area contributed by atoms with Crippen LogP contribution in [0.2, 0.25) is 0 Å². The van der Waals surface area contributed by atoms with Crippen LogP contribution < -0.4 is 0 Å². The fraction of sp³-hybridized carbons (Fsp3) is 0.231. The van der Waals surface area contributed by atoms with E-state index < -0.39 is 0 Å². The quantitative estimate of drug-likeness (QED) is 0.798. The summed E-state index contributed by atoms with van der Waals surface area (Å²) in [4.78, 5) is 16.4. The van der Waals surface area contributed by atoms with Crippen molar-refractivity contribution in [2.45, 2.75) is 6.92 Å². The van der Waals surface area contributed by atoms with E-state index in [0.29, 0.717) is 5.69 Å². The molecule has 0 radical (unpaired) electrons. The summed E-state index contributed by atoms with van der Waals surface area (Å²) < 4.78 is 0. The zero-order valence-electron chi connectivity index (χ0n) is 9.82. The Bertz CT molecular complexity index is 607. The first kappa shape index (κ1) is 11.2. The molecule has 1 aromatic heterocycles. The van der Waals surface area contributed by atoms with Gasteiger partial charge in [-0.25, -0.2) is 0 Å². The number of hydrogen-bond acceptors (Lipinski definition) is 2. The number of aromatic amines is 1. The average Bonchev–Trinajstić information content (AvgIpc) is 2.71. The van der Waals surface area contributed by atoms with Crippen molar-refractivity contribution in [3.63, 3.8) is 0 Å². The number of rotatable bonds is 2. The second-order valence-corrected chi connectivity index (χ2v) is 4.09. The molecule has 4 heteroatoms. The van der Waals surface area contributed by atoms with Gasteiger partial charge in [0, 0.05) is 18.0 Å². The van der Waals surface area contributed by atoms with Crippen LogP contribution in [0.3, 0.4) is 0 Å². The summed E-state index contributed by atoms with van der Waals surface area (Å²) in [6.45, 7) is 2.09. The van der Waals surface area contributed by atoms with Crippen molar-refractivity contribution in [1.29, 1.82) is 5.26 Å². The third-order valence-corrected chi connectivity index (χ3v) is 2.66. The van der Waals surface area contributed by atoms with Gasteiger partial charge in [0.25, 0.3) is 5.91 Å². The molecular weight excluding hydrogens is 214 g/mol. The van der Waals surface area contributed by atoms with Crippen molar-refractivity contribution < 1.29 is 4.79 Å². The van der Waals surface area contributed by atoms with Crippen LogP contribution in [0.5, 0.6) is 0 Å². The smallest absolute Gasteiger partial charge is 0.270 e. The van der Waals surface area contributed by atoms with Gasteiger partial charge in [-0.15, -0.1) is 0 Å². The van der Waals surface area contributed by atoms with Crippen molar-refractivity contribution in [3.8, 4) is 6.07 Å². The lowest BCUT2D eigenvalue weighted by Crippen LogP contribution is -2.27. The number of aryl methyl sites for hydroxylation is 1. The van der Waals surface area contributed by atoms with Crippen LogP contribution in [0.15, 0.2) is 24.3 Å². The molecule has 1 heterocycles. The van der Waals surface area contributed by atoms with Gasteiger partial charge >= 0.3 is 0 Å². The molecule has 0 saturated heterocycles. The minimum atomic E-state index is -0.166. The van der Waals surface area contributed by atoms with E-state index >= 15 is 0 Å². The Morgan fingerprint density at radius 2 is 2.24 bits per heavy atom. The summed E-state index contributed by atoms with van der Waals surface area (Å²) in [5, 5.41) is 9.56. The Morgan fingerprint density at radius 3 is 2.94 bits per heavy atom. The normalized spacial score (nSPS) is 10.2. The average molecular weight is 227 g/mol. The van der Waals surface area contributed by atoms with Crippen molar-refractivity contribution in [1.82, 2.24) is 9.88 Å². The minimum Gasteiger partial charge on any atom is -0.351 e. The molecular formula is C13H13N3O. The van der Waals surface area contributed by atoms with E-state index in [0.717, 1.165) is 16.5 Å². The van der Waals surface area contributed by atoms with Gasteiger partial charge in [0.15, 0.2) is 0 Å². The number of nitrogens with one attached hydrogen (secondary N) is 1. The number of carbonyl (C=O) groups excluding carboxylic acids is 1. The molecule has 0 unspecified atom stereocenters. The van der Waals surface area contributed by atoms with Crippen molar-refractivity contribution >= 4 is 16.8 Å². The molecule has 1 aromatic carbocycles. The van der Waals surface area contributed by atoms with Crippen LogP contribution in [-0.4, -0.2) is 29.4 Å². The Kier molecular flexibility index (Phi) is 2.84. The number of nitrogens with zero attached hydrogens (tertiary/aromatic N) is 2. The van der Waals surface area contributed by atoms with Crippen molar-refractivity contribution in [3.05, 3.63) is 35.5 Å². The van der Waals surface area contributed by atoms with E-state index in [-0.39, 0.29) is 12.5 Å². The van der Waals surface area contributed by atoms with Crippen molar-refractivity contribution in [2.24, 2.45) is 0 Å². The Morgan fingerprint density at radius 1 is 1.47 bits per heavy atom. The van der Waals surface area contributed by atoms with Crippen molar-refractivity contribution in [2.75, 3.05) is 13.6 Å². The van der Waals surface area contributed by atoms with Gasteiger partial charge in [-0.3, -0.25) is 4.79 Å². The predicted molar refractivity (Wildman–Crippen MR) is 65.6 cm³/mol. The minimum absolute atomic E-state index is 0.0905. The summed E-state index contributed by atoms with van der Waals surface area (Å²) in [7, 11) is 1.61. The van der Waals surface area contributed by atoms with Gasteiger partial charge in [-0.2, -0.15) is 5.26 Å². The maximum absolute atomic E-state index is 11.9. The monoisotopic (exact) mass is 227 g/mol. The Hall–Kier alpha value is -2.28. The Labute approximate surface area is 99.5 Å². The largest absolute Gasteiger partial charge is 0.351 e. The number of carbonyl (C=O) groups is 1. The molecule has 0 aliphatic heterocycles. The van der Waals surface area contributed by atoms with Gasteiger partial charge in [0.2, 0.25) is 0 Å². The number of benzene rings is 1. The van der Waals surface area contributed by atoms with E-state index in [1.165, 1.54) is 4.90 Å². The van der Waals surface area contributed by atoms with E-state index in [1.54, 1.807) is 7.05 Å². The fourth-order valence-corrected chi connectivity index (χ4v) is 1.74. The highest BCUT2D eigenvalue weighted by Crippen LogP contribution is 2.17. The zero-order valence-corrected chi connectivity index (χ0v) is 9.82. The molecule has 0 bridgehead atoms. The van der Waals surface area contributed by atoms with Gasteiger partial charge in [0.05, 0.1) is 6.07 Å². The highest BCUT2D eigenvalue weighted by Gasteiger charge is 2.13. The summed E-state index contributed by atoms with van der Waals surface area (Å²) >= 11 is 0. The lowest BCUT2D eigenvalue weighted by Gasteiger charge is -2.10. The first-order valence-electron chi connectivity index (χ1n) is 5.33. The molecule has 2 aromatic rings. The third-order valence-electron chi connectivity index (χ3n) is 2.66. The number of hydrogen-bond donors (Lipinski definition) is 1. The number of nitriles is 1. The molecule has 0 spiro atoms. The summed E-state index contributed by atoms with van der Waals surface area (Å²) in [5.41, 5.74) is 2.60. The van der Waals surface area contributed by atoms with Crippen LogP contribution in [0.25, 0.3) is 10.9 Å². The highest BCUT2D eigenvalue weighted by molar-refractivity contribution is 5.98. The van der Waals surface area contributed by atoms with E-state index in [2.05, 4.69) is 4.98 Å². The van der Waals surface area contributed by atoms with E-state index in [1.807, 2.05) is 37.3 Å². The van der Waals surface area contributed by atoms with Gasteiger partial charge in [-0.05, 0) is 24.6 Å². The van der Waals surface area contributed by atoms with Crippen LogP contribution in [0, 0.1) is 18.3 Å². The SMILES string of the molecule is Cc1ccc2cc(C(=O)N(C)CC#N)[nH]c2c1. The molecule has 0 aliphatic carbocycles. The molecule has 0 atom stereocenters. The molecule has 4 nitrogen and oxygen atoms in total. The number of fused-ring (bicyclic) bond motifs is 1. The molecule has 1 amide bonds. The van der Waals surface area contributed by atoms with Crippen LogP contribution >= 0.6 is 0 Å². The molecule has 17 heavy (non-hydrogen) atoms. The van der Waals surface area contributed by atoms with Crippen LogP contribution in [0.1, 0.15) is 16.1 Å². The Balaban J connectivity index is 2.37. The number of aromatic nitrogens is 1. The lowest BCUT2D eigenvalue weighted by atomic mass is 10.2. The third kappa shape index (κ3) is 2.13. The lowest BCUT2D eigenvalue weighted by molar-refractivity contribution is 0.0807. The van der Waals surface area contributed by atoms with Crippen LogP contribution in [0.4, 0.5) is 0 Å². The molecule has 1 N–H and O–H groups in total. The highest BCUT2D eigenvalue weighted by atomic mass is 16.2. The zero-order chi connectivity index (χ0) is 12.4. The second-order valence-electron chi connectivity index (χ2n) is 4.09. The topological polar surface area (TPSA) is 59.9 Å². The summed E-state index contributed by atoms with van der Waals surface area (Å²) in [6, 6.07) is 9.74. The van der Waals surface area contributed by atoms with Gasteiger partial charge < -0.3 is 9.88 Å². The van der Waals surface area contributed by atoms with Gasteiger partial charge in [-0.1, -0.05) is 12.1 Å². The van der Waals surface area contributed by atoms with E-state index in [9.17, 15) is 4.79 Å². The predicted octanol–water partition coefficient (Wildman–Crippen LogP) is 2.07. The molecule has 0 fully saturated rings. The number of amides is 1. The molecule has 2 rings (SSSR count). The maximum atomic E-state index is 11.9.